The van der Waals surface area contributed by atoms with Gasteiger partial charge in [0.05, 0.1) is 16.6 Å². The zero-order valence-corrected chi connectivity index (χ0v) is 10.7. The third-order valence-electron chi connectivity index (χ3n) is 3.11. The number of phenols is 1. The van der Waals surface area contributed by atoms with Gasteiger partial charge in [-0.2, -0.15) is 0 Å². The minimum Gasteiger partial charge on any atom is -0.508 e. The van der Waals surface area contributed by atoms with Crippen LogP contribution in [0.15, 0.2) is 47.3 Å². The normalized spacial score (nSPS) is 10.9. The molecule has 1 N–H and O–H groups in total. The summed E-state index contributed by atoms with van der Waals surface area (Å²) in [5.74, 6) is 0.136. The molecule has 3 rings (SSSR count). The molecule has 1 aromatic heterocycles. The summed E-state index contributed by atoms with van der Waals surface area (Å²) in [6.07, 6.45) is 0. The van der Waals surface area contributed by atoms with E-state index in [1.54, 1.807) is 19.1 Å². The molecule has 0 amide bonds. The van der Waals surface area contributed by atoms with Crippen LogP contribution in [0.2, 0.25) is 0 Å². The molecule has 0 spiro atoms. The van der Waals surface area contributed by atoms with Crippen molar-refractivity contribution in [3.05, 3.63) is 64.5 Å². The van der Waals surface area contributed by atoms with Crippen LogP contribution in [-0.4, -0.2) is 14.7 Å². The van der Waals surface area contributed by atoms with E-state index in [2.05, 4.69) is 4.98 Å². The van der Waals surface area contributed by atoms with E-state index in [4.69, 9.17) is 0 Å². The van der Waals surface area contributed by atoms with E-state index in [-0.39, 0.29) is 16.7 Å². The Morgan fingerprint density at radius 3 is 2.55 bits per heavy atom. The predicted octanol–water partition coefficient (Wildman–Crippen LogP) is 2.54. The van der Waals surface area contributed by atoms with Gasteiger partial charge < -0.3 is 5.11 Å². The van der Waals surface area contributed by atoms with Gasteiger partial charge in [-0.25, -0.2) is 9.37 Å². The van der Waals surface area contributed by atoms with Crippen molar-refractivity contribution in [2.24, 2.45) is 0 Å². The molecule has 2 aromatic carbocycles. The van der Waals surface area contributed by atoms with E-state index in [0.29, 0.717) is 17.0 Å². The standard InChI is InChI=1S/C15H11FN2O2/c1-9-17-14-7-2-10(16)8-13(14)15(20)18(9)11-3-5-12(19)6-4-11/h2-8,19H,1H3. The molecule has 4 nitrogen and oxygen atoms in total. The van der Waals surface area contributed by atoms with E-state index >= 15 is 0 Å². The van der Waals surface area contributed by atoms with E-state index in [9.17, 15) is 14.3 Å². The average molecular weight is 270 g/mol. The third kappa shape index (κ3) is 1.93. The largest absolute Gasteiger partial charge is 0.508 e. The van der Waals surface area contributed by atoms with Crippen LogP contribution in [0.3, 0.4) is 0 Å². The number of aromatic hydroxyl groups is 1. The number of phenolic OH excluding ortho intramolecular Hbond substituents is 1. The summed E-state index contributed by atoms with van der Waals surface area (Å²) in [7, 11) is 0. The molecule has 3 aromatic rings. The van der Waals surface area contributed by atoms with Crippen LogP contribution >= 0.6 is 0 Å². The van der Waals surface area contributed by atoms with Crippen LogP contribution in [0.25, 0.3) is 16.6 Å². The molecule has 0 aliphatic carbocycles. The molecule has 0 aliphatic heterocycles. The van der Waals surface area contributed by atoms with E-state index < -0.39 is 5.82 Å². The topological polar surface area (TPSA) is 55.1 Å². The first-order valence-corrected chi connectivity index (χ1v) is 6.04. The van der Waals surface area contributed by atoms with Gasteiger partial charge in [0.1, 0.15) is 17.4 Å². The lowest BCUT2D eigenvalue weighted by molar-refractivity contribution is 0.475. The second-order valence-electron chi connectivity index (χ2n) is 4.48. The number of hydrogen-bond donors (Lipinski definition) is 1. The maximum Gasteiger partial charge on any atom is 0.266 e. The molecule has 0 fully saturated rings. The van der Waals surface area contributed by atoms with Gasteiger partial charge in [-0.05, 0) is 49.4 Å². The summed E-state index contributed by atoms with van der Waals surface area (Å²) < 4.78 is 14.7. The van der Waals surface area contributed by atoms with Crippen molar-refractivity contribution in [1.82, 2.24) is 9.55 Å². The minimum absolute atomic E-state index is 0.110. The zero-order valence-electron chi connectivity index (χ0n) is 10.7. The highest BCUT2D eigenvalue weighted by Gasteiger charge is 2.10. The highest BCUT2D eigenvalue weighted by molar-refractivity contribution is 5.78. The lowest BCUT2D eigenvalue weighted by Crippen LogP contribution is -2.22. The summed E-state index contributed by atoms with van der Waals surface area (Å²) in [4.78, 5) is 16.8. The van der Waals surface area contributed by atoms with Gasteiger partial charge in [-0.15, -0.1) is 0 Å². The summed E-state index contributed by atoms with van der Waals surface area (Å²) in [5, 5.41) is 9.52. The fourth-order valence-corrected chi connectivity index (χ4v) is 2.17. The Labute approximate surface area is 113 Å². The molecule has 100 valence electrons. The fraction of sp³-hybridized carbons (Fsp3) is 0.0667. The van der Waals surface area contributed by atoms with Gasteiger partial charge in [-0.1, -0.05) is 0 Å². The van der Waals surface area contributed by atoms with Crippen LogP contribution in [0.5, 0.6) is 5.75 Å². The number of nitrogens with zero attached hydrogens (tertiary/aromatic N) is 2. The number of hydrogen-bond acceptors (Lipinski definition) is 3. The number of rotatable bonds is 1. The molecule has 0 bridgehead atoms. The molecule has 20 heavy (non-hydrogen) atoms. The first-order valence-electron chi connectivity index (χ1n) is 6.04. The lowest BCUT2D eigenvalue weighted by atomic mass is 10.2. The first-order chi connectivity index (χ1) is 9.56. The summed E-state index contributed by atoms with van der Waals surface area (Å²) in [6.45, 7) is 1.71. The van der Waals surface area contributed by atoms with Gasteiger partial charge in [0.15, 0.2) is 0 Å². The third-order valence-corrected chi connectivity index (χ3v) is 3.11. The second kappa shape index (κ2) is 4.45. The monoisotopic (exact) mass is 270 g/mol. The Hall–Kier alpha value is -2.69. The van der Waals surface area contributed by atoms with Crippen molar-refractivity contribution >= 4 is 10.9 Å². The van der Waals surface area contributed by atoms with E-state index in [0.717, 1.165) is 0 Å². The lowest BCUT2D eigenvalue weighted by Gasteiger charge is -2.10. The predicted molar refractivity (Wildman–Crippen MR) is 73.7 cm³/mol. The number of aryl methyl sites for hydroxylation is 1. The zero-order chi connectivity index (χ0) is 14.3. The Kier molecular flexibility index (Phi) is 2.75. The minimum atomic E-state index is -0.475. The molecule has 5 heteroatoms. The first kappa shape index (κ1) is 12.3. The number of aromatic nitrogens is 2. The van der Waals surface area contributed by atoms with E-state index in [1.165, 1.54) is 34.9 Å². The maximum absolute atomic E-state index is 13.3. The molecule has 0 atom stereocenters. The Morgan fingerprint density at radius 1 is 1.15 bits per heavy atom. The molecule has 0 aliphatic rings. The fourth-order valence-electron chi connectivity index (χ4n) is 2.17. The summed E-state index contributed by atoms with van der Waals surface area (Å²) >= 11 is 0. The number of benzene rings is 2. The Morgan fingerprint density at radius 2 is 1.85 bits per heavy atom. The van der Waals surface area contributed by atoms with Gasteiger partial charge in [0.25, 0.3) is 5.56 Å². The van der Waals surface area contributed by atoms with Gasteiger partial charge >= 0.3 is 0 Å². The van der Waals surface area contributed by atoms with Crippen molar-refractivity contribution in [2.45, 2.75) is 6.92 Å². The van der Waals surface area contributed by atoms with Gasteiger partial charge in [0.2, 0.25) is 0 Å². The molecule has 0 saturated heterocycles. The Bertz CT molecular complexity index is 854. The van der Waals surface area contributed by atoms with E-state index in [1.807, 2.05) is 0 Å². The van der Waals surface area contributed by atoms with Crippen molar-refractivity contribution in [2.75, 3.05) is 0 Å². The highest BCUT2D eigenvalue weighted by atomic mass is 19.1. The van der Waals surface area contributed by atoms with Crippen molar-refractivity contribution < 1.29 is 9.50 Å². The van der Waals surface area contributed by atoms with Crippen LogP contribution in [0.1, 0.15) is 5.82 Å². The van der Waals surface area contributed by atoms with Crippen molar-refractivity contribution in [3.8, 4) is 11.4 Å². The van der Waals surface area contributed by atoms with Crippen molar-refractivity contribution in [3.63, 3.8) is 0 Å². The quantitative estimate of drug-likeness (QED) is 0.739. The molecule has 0 radical (unpaired) electrons. The van der Waals surface area contributed by atoms with Gasteiger partial charge in [0, 0.05) is 0 Å². The van der Waals surface area contributed by atoms with Crippen LogP contribution < -0.4 is 5.56 Å². The Balaban J connectivity index is 2.36. The highest BCUT2D eigenvalue weighted by Crippen LogP contribution is 2.16. The van der Waals surface area contributed by atoms with Gasteiger partial charge in [-0.3, -0.25) is 9.36 Å². The number of halogens is 1. The summed E-state index contributed by atoms with van der Waals surface area (Å²) in [6, 6.07) is 10.1. The molecular formula is C15H11FN2O2. The average Bonchev–Trinajstić information content (AvgIpc) is 2.42. The number of fused-ring (bicyclic) bond motifs is 1. The molecule has 1 heterocycles. The SMILES string of the molecule is Cc1nc2ccc(F)cc2c(=O)n1-c1ccc(O)cc1. The van der Waals surface area contributed by atoms with Crippen molar-refractivity contribution in [1.29, 1.82) is 0 Å². The smallest absolute Gasteiger partial charge is 0.266 e. The maximum atomic E-state index is 13.3. The summed E-state index contributed by atoms with van der Waals surface area (Å²) in [5.41, 5.74) is 0.700. The van der Waals surface area contributed by atoms with Crippen LogP contribution in [-0.2, 0) is 0 Å². The molecule has 0 saturated carbocycles. The molecule has 0 unspecified atom stereocenters. The molecular weight excluding hydrogens is 259 g/mol. The second-order valence-corrected chi connectivity index (χ2v) is 4.48. The van der Waals surface area contributed by atoms with Crippen LogP contribution in [0.4, 0.5) is 4.39 Å². The van der Waals surface area contributed by atoms with Crippen LogP contribution in [0, 0.1) is 12.7 Å².